The Bertz CT molecular complexity index is 729. The zero-order valence-corrected chi connectivity index (χ0v) is 17.2. The Balaban J connectivity index is 1.82. The molecule has 1 N–H and O–H groups in total. The van der Waals surface area contributed by atoms with Crippen molar-refractivity contribution in [3.05, 3.63) is 34.2 Å². The van der Waals surface area contributed by atoms with E-state index in [2.05, 4.69) is 5.32 Å². The van der Waals surface area contributed by atoms with Gasteiger partial charge in [-0.1, -0.05) is 54.7 Å². The molecule has 5 nitrogen and oxygen atoms in total. The Morgan fingerprint density at radius 3 is 2.65 bits per heavy atom. The topological polar surface area (TPSA) is 54.3 Å². The Hall–Kier alpha value is -0.750. The number of nitrogens with one attached hydrogen (secondary N) is 1. The second-order valence-electron chi connectivity index (χ2n) is 7.76. The van der Waals surface area contributed by atoms with E-state index in [0.29, 0.717) is 32.0 Å². The number of carbonyl (C=O) groups excluding carboxylic acids is 1. The van der Waals surface area contributed by atoms with Crippen molar-refractivity contribution in [2.24, 2.45) is 11.8 Å². The molecule has 0 saturated carbocycles. The van der Waals surface area contributed by atoms with Crippen LogP contribution in [0.4, 0.5) is 0 Å². The van der Waals surface area contributed by atoms with Crippen molar-refractivity contribution >= 4 is 40.7 Å². The fourth-order valence-electron chi connectivity index (χ4n) is 4.11. The average Bonchev–Trinajstić information content (AvgIpc) is 2.52. The van der Waals surface area contributed by atoms with Gasteiger partial charge in [0.15, 0.2) is 0 Å². The van der Waals surface area contributed by atoms with Gasteiger partial charge >= 0.3 is 0 Å². The Morgan fingerprint density at radius 1 is 1.27 bits per heavy atom. The van der Waals surface area contributed by atoms with E-state index in [1.165, 1.54) is 0 Å². The van der Waals surface area contributed by atoms with Gasteiger partial charge in [0, 0.05) is 43.7 Å². The lowest BCUT2D eigenvalue weighted by Crippen LogP contribution is -2.60. The SMILES string of the molecule is CC(C)CC(=O)NC(N1C[C@H]2C[C@H](C1)c1cccc(=O)n1C2)C(Cl)(Cl)Cl. The van der Waals surface area contributed by atoms with Crippen LogP contribution in [0.2, 0.25) is 0 Å². The van der Waals surface area contributed by atoms with Crippen molar-refractivity contribution in [3.63, 3.8) is 0 Å². The van der Waals surface area contributed by atoms with Gasteiger partial charge in [-0.3, -0.25) is 14.5 Å². The van der Waals surface area contributed by atoms with Gasteiger partial charge in [-0.2, -0.15) is 0 Å². The second-order valence-corrected chi connectivity index (χ2v) is 10.1. The Morgan fingerprint density at radius 2 is 2.00 bits per heavy atom. The minimum Gasteiger partial charge on any atom is -0.337 e. The maximum absolute atomic E-state index is 12.3. The second kappa shape index (κ2) is 7.70. The number of aromatic nitrogens is 1. The summed E-state index contributed by atoms with van der Waals surface area (Å²) in [6, 6.07) is 5.39. The summed E-state index contributed by atoms with van der Waals surface area (Å²) < 4.78 is 0.229. The average molecular weight is 421 g/mol. The van der Waals surface area contributed by atoms with Crippen LogP contribution in [0.1, 0.15) is 38.3 Å². The number of rotatable bonds is 4. The first-order valence-electron chi connectivity index (χ1n) is 8.95. The Labute approximate surface area is 168 Å². The van der Waals surface area contributed by atoms with Crippen molar-refractivity contribution in [2.75, 3.05) is 13.1 Å². The van der Waals surface area contributed by atoms with Crippen molar-refractivity contribution in [1.82, 2.24) is 14.8 Å². The molecule has 0 radical (unpaired) electrons. The van der Waals surface area contributed by atoms with Crippen LogP contribution in [0, 0.1) is 11.8 Å². The van der Waals surface area contributed by atoms with Crippen LogP contribution in [0.15, 0.2) is 23.0 Å². The van der Waals surface area contributed by atoms with Crippen LogP contribution in [0.25, 0.3) is 0 Å². The molecule has 8 heteroatoms. The minimum absolute atomic E-state index is 0.0359. The summed E-state index contributed by atoms with van der Waals surface area (Å²) in [5.74, 6) is 0.584. The molecule has 3 atom stereocenters. The number of pyridine rings is 1. The van der Waals surface area contributed by atoms with Gasteiger partial charge < -0.3 is 9.88 Å². The van der Waals surface area contributed by atoms with E-state index >= 15 is 0 Å². The number of carbonyl (C=O) groups is 1. The zero-order chi connectivity index (χ0) is 19.1. The van der Waals surface area contributed by atoms with Crippen molar-refractivity contribution < 1.29 is 4.79 Å². The maximum Gasteiger partial charge on any atom is 0.250 e. The van der Waals surface area contributed by atoms with Gasteiger partial charge in [0.25, 0.3) is 5.56 Å². The highest BCUT2D eigenvalue weighted by Gasteiger charge is 2.44. The summed E-state index contributed by atoms with van der Waals surface area (Å²) in [6.07, 6.45) is 0.703. The molecule has 1 unspecified atom stereocenters. The highest BCUT2D eigenvalue weighted by Crippen LogP contribution is 2.39. The molecule has 0 spiro atoms. The van der Waals surface area contributed by atoms with Crippen LogP contribution >= 0.6 is 34.8 Å². The van der Waals surface area contributed by atoms with E-state index in [1.807, 2.05) is 29.4 Å². The van der Waals surface area contributed by atoms with Crippen LogP contribution in [-0.4, -0.2) is 38.4 Å². The summed E-state index contributed by atoms with van der Waals surface area (Å²) in [6.45, 7) is 5.93. The van der Waals surface area contributed by atoms with Crippen molar-refractivity contribution in [1.29, 1.82) is 0 Å². The lowest BCUT2D eigenvalue weighted by Gasteiger charge is -2.47. The number of hydrogen-bond donors (Lipinski definition) is 1. The lowest BCUT2D eigenvalue weighted by atomic mass is 9.83. The van der Waals surface area contributed by atoms with E-state index in [0.717, 1.165) is 12.1 Å². The molecule has 1 aromatic heterocycles. The highest BCUT2D eigenvalue weighted by molar-refractivity contribution is 6.68. The number of amides is 1. The van der Waals surface area contributed by atoms with Crippen LogP contribution in [0.3, 0.4) is 0 Å². The van der Waals surface area contributed by atoms with Crippen LogP contribution < -0.4 is 10.9 Å². The summed E-state index contributed by atoms with van der Waals surface area (Å²) in [7, 11) is 0. The highest BCUT2D eigenvalue weighted by atomic mass is 35.6. The predicted octanol–water partition coefficient (Wildman–Crippen LogP) is 3.13. The molecule has 2 aliphatic rings. The van der Waals surface area contributed by atoms with E-state index < -0.39 is 9.96 Å². The van der Waals surface area contributed by atoms with E-state index in [1.54, 1.807) is 12.1 Å². The quantitative estimate of drug-likeness (QED) is 0.761. The third-order valence-corrected chi connectivity index (χ3v) is 5.69. The number of nitrogens with zero attached hydrogens (tertiary/aromatic N) is 2. The first kappa shape index (κ1) is 20.0. The predicted molar refractivity (Wildman–Crippen MR) is 105 cm³/mol. The molecule has 1 aromatic rings. The van der Waals surface area contributed by atoms with E-state index in [9.17, 15) is 9.59 Å². The van der Waals surface area contributed by atoms with Crippen LogP contribution in [-0.2, 0) is 11.3 Å². The molecule has 1 amide bonds. The number of hydrogen-bond acceptors (Lipinski definition) is 3. The van der Waals surface area contributed by atoms with Crippen molar-refractivity contribution in [2.45, 2.75) is 49.1 Å². The Kier molecular flexibility index (Phi) is 5.92. The maximum atomic E-state index is 12.3. The number of alkyl halides is 3. The first-order valence-corrected chi connectivity index (χ1v) is 10.1. The monoisotopic (exact) mass is 419 g/mol. The zero-order valence-electron chi connectivity index (χ0n) is 14.9. The molecular weight excluding hydrogens is 397 g/mol. The number of likely N-dealkylation sites (tertiary alicyclic amines) is 1. The van der Waals surface area contributed by atoms with Gasteiger partial charge in [-0.15, -0.1) is 0 Å². The van der Waals surface area contributed by atoms with E-state index in [4.69, 9.17) is 34.8 Å². The third kappa shape index (κ3) is 4.38. The van der Waals surface area contributed by atoms with Gasteiger partial charge in [-0.25, -0.2) is 0 Å². The molecule has 0 aromatic carbocycles. The third-order valence-electron chi connectivity index (χ3n) is 5.07. The number of fused-ring (bicyclic) bond motifs is 4. The summed E-state index contributed by atoms with van der Waals surface area (Å²) in [5, 5.41) is 2.91. The lowest BCUT2D eigenvalue weighted by molar-refractivity contribution is -0.124. The summed E-state index contributed by atoms with van der Waals surface area (Å²) in [5.41, 5.74) is 1.06. The molecule has 3 heterocycles. The fraction of sp³-hybridized carbons (Fsp3) is 0.667. The molecule has 1 saturated heterocycles. The largest absolute Gasteiger partial charge is 0.337 e. The fourth-order valence-corrected chi connectivity index (χ4v) is 4.68. The molecule has 26 heavy (non-hydrogen) atoms. The van der Waals surface area contributed by atoms with E-state index in [-0.39, 0.29) is 23.3 Å². The van der Waals surface area contributed by atoms with Crippen LogP contribution in [0.5, 0.6) is 0 Å². The molecule has 2 aliphatic heterocycles. The molecule has 2 bridgehead atoms. The normalized spacial score (nSPS) is 24.2. The first-order chi connectivity index (χ1) is 12.1. The smallest absolute Gasteiger partial charge is 0.250 e. The van der Waals surface area contributed by atoms with Crippen molar-refractivity contribution in [3.8, 4) is 0 Å². The number of piperidine rings is 1. The van der Waals surface area contributed by atoms with Gasteiger partial charge in [0.1, 0.15) is 6.17 Å². The molecule has 1 fully saturated rings. The molecular formula is C18H24Cl3N3O2. The molecule has 0 aliphatic carbocycles. The summed E-state index contributed by atoms with van der Waals surface area (Å²) >= 11 is 18.6. The van der Waals surface area contributed by atoms with Gasteiger partial charge in [-0.05, 0) is 24.3 Å². The minimum atomic E-state index is -1.63. The molecule has 144 valence electrons. The van der Waals surface area contributed by atoms with Gasteiger partial charge in [0.2, 0.25) is 9.70 Å². The van der Waals surface area contributed by atoms with Gasteiger partial charge in [0.05, 0.1) is 0 Å². The molecule has 3 rings (SSSR count). The number of halogens is 3. The summed E-state index contributed by atoms with van der Waals surface area (Å²) in [4.78, 5) is 26.5. The standard InChI is InChI=1S/C18H24Cl3N3O2/c1-11(2)6-15(25)22-17(18(19,20)21)23-8-12-7-13(10-23)14-4-3-5-16(26)24(14)9-12/h3-5,11-13,17H,6-10H2,1-2H3,(H,22,25)/t12-,13-,17?/m1/s1.